The smallest absolute Gasteiger partial charge is 0.201 e. The van der Waals surface area contributed by atoms with Gasteiger partial charge in [-0.15, -0.1) is 0 Å². The highest BCUT2D eigenvalue weighted by Crippen LogP contribution is 2.30. The third-order valence-electron chi connectivity index (χ3n) is 3.99. The molecular weight excluding hydrogens is 338 g/mol. The van der Waals surface area contributed by atoms with Crippen LogP contribution in [0.3, 0.4) is 0 Å². The van der Waals surface area contributed by atoms with Crippen LogP contribution in [-0.4, -0.2) is 0 Å². The van der Waals surface area contributed by atoms with Crippen molar-refractivity contribution < 1.29 is 12.8 Å². The Kier molecular flexibility index (Phi) is 4.36. The van der Waals surface area contributed by atoms with Gasteiger partial charge in [-0.2, -0.15) is 0 Å². The predicted molar refractivity (Wildman–Crippen MR) is 123 cm³/mol. The molecule has 0 fully saturated rings. The van der Waals surface area contributed by atoms with E-state index in [0.29, 0.717) is 16.7 Å². The number of rotatable bonds is 4. The Balaban J connectivity index is 2.80. The zero-order chi connectivity index (χ0) is 26.7. The summed E-state index contributed by atoms with van der Waals surface area (Å²) in [6.07, 6.45) is -3.32. The quantitative estimate of drug-likeness (QED) is 0.501. The first-order valence-corrected chi connectivity index (χ1v) is 10.1. The third-order valence-corrected chi connectivity index (χ3v) is 3.99. The Morgan fingerprint density at radius 3 is 1.64 bits per heavy atom. The van der Waals surface area contributed by atoms with Gasteiger partial charge < -0.3 is 0 Å². The molecule has 0 amide bonds. The number of hydrogen-bond acceptors (Lipinski definition) is 0. The molecule has 0 saturated heterocycles. The lowest BCUT2D eigenvalue weighted by Gasteiger charge is -2.24. The maximum atomic E-state index is 9.00. The average molecular weight is 387 g/mol. The van der Waals surface area contributed by atoms with Crippen molar-refractivity contribution in [3.63, 3.8) is 0 Å². The molecule has 154 valence electrons. The first kappa shape index (κ1) is 15.2. The van der Waals surface area contributed by atoms with E-state index in [0.717, 1.165) is 11.3 Å². The summed E-state index contributed by atoms with van der Waals surface area (Å²) in [7, 11) is 1.84. The predicted octanol–water partition coefficient (Wildman–Crippen LogP) is 6.94. The SMILES string of the molecule is [2H]C([2H])(c1ccc(-c2cc(C([2H])([2H])C(C)(C)C)c(C([2H])([2H])C(C)(C)C)c[n+]2C)cc1)C(C)(C)C. The second-order valence-corrected chi connectivity index (χ2v) is 10.8. The standard InChI is InChI=1S/C27H42N/c1-25(2,3)16-20-11-13-21(14-12-20)24-15-22(17-26(4,5)6)23(19-28(24)10)18-27(7,8)9/h11-15,19H,16-18H2,1-10H3/q+1/i16D2,17D2,18D2. The lowest BCUT2D eigenvalue weighted by atomic mass is 9.81. The van der Waals surface area contributed by atoms with Crippen LogP contribution >= 0.6 is 0 Å². The Hall–Kier alpha value is -1.63. The molecule has 1 aromatic heterocycles. The van der Waals surface area contributed by atoms with E-state index < -0.39 is 35.4 Å². The molecule has 0 aliphatic rings. The number of pyridine rings is 1. The topological polar surface area (TPSA) is 3.88 Å². The molecular formula is C27H42N+. The molecule has 0 saturated carbocycles. The summed E-state index contributed by atoms with van der Waals surface area (Å²) in [5, 5.41) is 0. The number of aromatic nitrogens is 1. The van der Waals surface area contributed by atoms with Crippen molar-refractivity contribution >= 4 is 0 Å². The van der Waals surface area contributed by atoms with Crippen molar-refractivity contribution in [1.82, 2.24) is 0 Å². The molecule has 1 nitrogen and oxygen atoms in total. The van der Waals surface area contributed by atoms with Gasteiger partial charge in [0.05, 0.1) is 0 Å². The average Bonchev–Trinajstić information content (AvgIpc) is 2.65. The van der Waals surface area contributed by atoms with Crippen LogP contribution < -0.4 is 4.57 Å². The number of hydrogen-bond donors (Lipinski definition) is 0. The van der Waals surface area contributed by atoms with Crippen LogP contribution in [0.25, 0.3) is 11.3 Å². The van der Waals surface area contributed by atoms with Gasteiger partial charge in [0, 0.05) is 25.4 Å². The van der Waals surface area contributed by atoms with Gasteiger partial charge in [-0.05, 0) is 58.6 Å². The molecule has 0 aliphatic carbocycles. The van der Waals surface area contributed by atoms with E-state index in [2.05, 4.69) is 0 Å². The maximum absolute atomic E-state index is 9.00. The largest absolute Gasteiger partial charge is 0.212 e. The molecule has 0 N–H and O–H groups in total. The van der Waals surface area contributed by atoms with Gasteiger partial charge >= 0.3 is 0 Å². The molecule has 1 heteroatoms. The first-order chi connectivity index (χ1) is 15.0. The highest BCUT2D eigenvalue weighted by Gasteiger charge is 2.23. The van der Waals surface area contributed by atoms with Crippen molar-refractivity contribution in [3.05, 3.63) is 53.2 Å². The minimum absolute atomic E-state index is 0.349. The molecule has 0 radical (unpaired) electrons. The van der Waals surface area contributed by atoms with Crippen LogP contribution in [0.1, 0.15) is 87.2 Å². The lowest BCUT2D eigenvalue weighted by Crippen LogP contribution is -2.33. The van der Waals surface area contributed by atoms with Crippen LogP contribution in [0.15, 0.2) is 36.5 Å². The van der Waals surface area contributed by atoms with Gasteiger partial charge in [0.2, 0.25) is 5.69 Å². The zero-order valence-electron chi connectivity index (χ0n) is 25.4. The summed E-state index contributed by atoms with van der Waals surface area (Å²) in [5.74, 6) is 0. The van der Waals surface area contributed by atoms with E-state index in [1.54, 1.807) is 24.4 Å². The summed E-state index contributed by atoms with van der Waals surface area (Å²) in [6.45, 7) is 16.6. The minimum Gasteiger partial charge on any atom is -0.201 e. The molecule has 28 heavy (non-hydrogen) atoms. The minimum atomic E-state index is -1.78. The second-order valence-electron chi connectivity index (χ2n) is 10.8. The third kappa shape index (κ3) is 7.08. The summed E-state index contributed by atoms with van der Waals surface area (Å²) >= 11 is 0. The molecule has 2 aromatic rings. The van der Waals surface area contributed by atoms with E-state index in [1.165, 1.54) is 0 Å². The van der Waals surface area contributed by atoms with Crippen LogP contribution in [0, 0.1) is 16.2 Å². The summed E-state index contributed by atoms with van der Waals surface area (Å²) in [6, 6.07) is 9.09. The second kappa shape index (κ2) is 8.01. The molecule has 0 spiro atoms. The molecule has 0 aliphatic heterocycles. The molecule has 1 aromatic carbocycles. The van der Waals surface area contributed by atoms with Crippen LogP contribution in [-0.2, 0) is 26.2 Å². The number of nitrogens with zero attached hydrogens (tertiary/aromatic N) is 1. The molecule has 0 atom stereocenters. The van der Waals surface area contributed by atoms with Gasteiger partial charge in [0.15, 0.2) is 6.20 Å². The van der Waals surface area contributed by atoms with Gasteiger partial charge in [-0.25, -0.2) is 4.57 Å². The first-order valence-electron chi connectivity index (χ1n) is 13.1. The van der Waals surface area contributed by atoms with Crippen LogP contribution in [0.2, 0.25) is 0 Å². The van der Waals surface area contributed by atoms with Crippen molar-refractivity contribution in [2.75, 3.05) is 0 Å². The molecule has 0 bridgehead atoms. The van der Waals surface area contributed by atoms with E-state index in [-0.39, 0.29) is 0 Å². The maximum Gasteiger partial charge on any atom is 0.212 e. The van der Waals surface area contributed by atoms with Crippen molar-refractivity contribution in [1.29, 1.82) is 0 Å². The fourth-order valence-corrected chi connectivity index (χ4v) is 3.10. The van der Waals surface area contributed by atoms with E-state index in [9.17, 15) is 0 Å². The molecule has 0 unspecified atom stereocenters. The summed E-state index contributed by atoms with van der Waals surface area (Å²) in [5.41, 5.74) is 0.828. The van der Waals surface area contributed by atoms with Crippen molar-refractivity contribution in [3.8, 4) is 11.3 Å². The van der Waals surface area contributed by atoms with Crippen molar-refractivity contribution in [2.24, 2.45) is 23.3 Å². The summed E-state index contributed by atoms with van der Waals surface area (Å²) in [4.78, 5) is 0. The van der Waals surface area contributed by atoms with E-state index >= 15 is 0 Å². The van der Waals surface area contributed by atoms with Crippen LogP contribution in [0.5, 0.6) is 0 Å². The normalized spacial score (nSPS) is 17.8. The van der Waals surface area contributed by atoms with Gasteiger partial charge in [0.1, 0.15) is 7.05 Å². The van der Waals surface area contributed by atoms with Crippen LogP contribution in [0.4, 0.5) is 0 Å². The fraction of sp³-hybridized carbons (Fsp3) is 0.593. The Morgan fingerprint density at radius 1 is 0.714 bits per heavy atom. The van der Waals surface area contributed by atoms with Gasteiger partial charge in [0.25, 0.3) is 0 Å². The zero-order valence-corrected chi connectivity index (χ0v) is 19.4. The van der Waals surface area contributed by atoms with Crippen molar-refractivity contribution in [2.45, 2.75) is 81.4 Å². The van der Waals surface area contributed by atoms with Gasteiger partial charge in [-0.1, -0.05) is 74.4 Å². The lowest BCUT2D eigenvalue weighted by molar-refractivity contribution is -0.660. The molecule has 1 heterocycles. The fourth-order valence-electron chi connectivity index (χ4n) is 3.10. The number of aryl methyl sites for hydroxylation is 1. The highest BCUT2D eigenvalue weighted by molar-refractivity contribution is 5.58. The monoisotopic (exact) mass is 386 g/mol. The summed E-state index contributed by atoms with van der Waals surface area (Å²) < 4.78 is 54.8. The Labute approximate surface area is 182 Å². The highest BCUT2D eigenvalue weighted by atomic mass is 14.9. The van der Waals surface area contributed by atoms with Gasteiger partial charge in [-0.3, -0.25) is 0 Å². The number of benzene rings is 1. The molecule has 2 rings (SSSR count). The van der Waals surface area contributed by atoms with E-state index in [1.807, 2.05) is 86.1 Å². The van der Waals surface area contributed by atoms with E-state index in [4.69, 9.17) is 8.22 Å². The Bertz CT molecular complexity index is 1030. The Morgan fingerprint density at radius 2 is 1.18 bits per heavy atom.